The average molecular weight is 529 g/mol. The molecule has 0 fully saturated rings. The van der Waals surface area contributed by atoms with Gasteiger partial charge in [-0.05, 0) is 43.9 Å². The summed E-state index contributed by atoms with van der Waals surface area (Å²) in [5.74, 6) is -1.49. The van der Waals surface area contributed by atoms with Crippen LogP contribution in [0.5, 0.6) is 0 Å². The largest absolute Gasteiger partial charge is 0.481 e. The van der Waals surface area contributed by atoms with Crippen molar-refractivity contribution in [2.75, 3.05) is 0 Å². The molecule has 0 amide bonds. The second-order valence-electron chi connectivity index (χ2n) is 13.6. The smallest absolute Gasteiger partial charge is 0.303 e. The molecule has 0 aliphatic heterocycles. The van der Waals surface area contributed by atoms with Crippen molar-refractivity contribution in [2.24, 2.45) is 0 Å². The predicted molar refractivity (Wildman–Crippen MR) is 164 cm³/mol. The number of carboxylic acids is 2. The minimum Gasteiger partial charge on any atom is -0.481 e. The van der Waals surface area contributed by atoms with Crippen molar-refractivity contribution >= 4 is 11.9 Å². The van der Waals surface area contributed by atoms with Crippen molar-refractivity contribution in [1.82, 2.24) is 0 Å². The van der Waals surface area contributed by atoms with E-state index in [-0.39, 0.29) is 34.5 Å². The van der Waals surface area contributed by atoms with Crippen LogP contribution < -0.4 is 0 Å². The Morgan fingerprint density at radius 2 is 0.605 bits per heavy atom. The first-order chi connectivity index (χ1) is 17.0. The molecule has 4 nitrogen and oxygen atoms in total. The van der Waals surface area contributed by atoms with Crippen LogP contribution in [0.3, 0.4) is 0 Å². The van der Waals surface area contributed by atoms with Crippen LogP contribution in [0, 0.1) is 0 Å². The predicted octanol–water partition coefficient (Wildman–Crippen LogP) is 9.53. The highest BCUT2D eigenvalue weighted by Crippen LogP contribution is 2.34. The molecule has 4 heteroatoms. The van der Waals surface area contributed by atoms with Gasteiger partial charge in [0.1, 0.15) is 0 Å². The zero-order valence-corrected chi connectivity index (χ0v) is 26.7. The summed E-state index contributed by atoms with van der Waals surface area (Å²) in [6, 6.07) is 17.5. The van der Waals surface area contributed by atoms with E-state index in [0.717, 1.165) is 0 Å². The van der Waals surface area contributed by atoms with Crippen LogP contribution in [-0.4, -0.2) is 22.2 Å². The molecule has 0 aliphatic carbocycles. The van der Waals surface area contributed by atoms with Crippen molar-refractivity contribution in [2.45, 2.75) is 131 Å². The zero-order valence-electron chi connectivity index (χ0n) is 26.7. The third kappa shape index (κ3) is 15.6. The molecule has 2 N–H and O–H groups in total. The monoisotopic (exact) mass is 528 g/mol. The lowest BCUT2D eigenvalue weighted by Crippen LogP contribution is -2.21. The Morgan fingerprint density at radius 1 is 0.474 bits per heavy atom. The fourth-order valence-corrected chi connectivity index (χ4v) is 3.58. The van der Waals surface area contributed by atoms with Gasteiger partial charge in [0.15, 0.2) is 0 Å². The molecule has 0 spiro atoms. The van der Waals surface area contributed by atoms with Crippen molar-refractivity contribution in [3.05, 3.63) is 70.8 Å². The Kier molecular flexibility index (Phi) is 15.5. The Morgan fingerprint density at radius 3 is 0.684 bits per heavy atom. The number of hydrogen-bond donors (Lipinski definition) is 2. The van der Waals surface area contributed by atoms with Crippen molar-refractivity contribution < 1.29 is 19.8 Å². The van der Waals surface area contributed by atoms with Crippen LogP contribution in [0.4, 0.5) is 0 Å². The molecule has 216 valence electrons. The number of carbonyl (C=O) groups is 2. The molecular formula is C34H56O4. The quantitative estimate of drug-likeness (QED) is 0.407. The molecule has 0 bridgehead atoms. The molecular weight excluding hydrogens is 472 g/mol. The normalized spacial score (nSPS) is 11.5. The molecule has 0 aliphatic rings. The maximum Gasteiger partial charge on any atom is 0.303 e. The summed E-state index contributed by atoms with van der Waals surface area (Å²) >= 11 is 0. The maximum absolute atomic E-state index is 9.37. The van der Waals surface area contributed by atoms with Crippen LogP contribution in [-0.2, 0) is 31.2 Å². The van der Waals surface area contributed by atoms with E-state index in [4.69, 9.17) is 10.2 Å². The lowest BCUT2D eigenvalue weighted by atomic mass is 9.75. The summed E-state index contributed by atoms with van der Waals surface area (Å²) in [6.45, 7) is 30.5. The first-order valence-electron chi connectivity index (χ1n) is 13.6. The molecule has 0 unspecified atom stereocenters. The van der Waals surface area contributed by atoms with Crippen LogP contribution in [0.1, 0.15) is 132 Å². The fourth-order valence-electron chi connectivity index (χ4n) is 3.58. The lowest BCUT2D eigenvalue weighted by molar-refractivity contribution is -0.137. The number of rotatable bonds is 2. The Labute approximate surface area is 233 Å². The van der Waals surface area contributed by atoms with Gasteiger partial charge >= 0.3 is 11.9 Å². The van der Waals surface area contributed by atoms with Crippen LogP contribution in [0.15, 0.2) is 48.5 Å². The van der Waals surface area contributed by atoms with Gasteiger partial charge in [0.2, 0.25) is 0 Å². The number of aliphatic carboxylic acids is 2. The van der Waals surface area contributed by atoms with Gasteiger partial charge in [0, 0.05) is 12.8 Å². The minimum atomic E-state index is -0.745. The van der Waals surface area contributed by atoms with E-state index in [9.17, 15) is 9.59 Å². The Bertz CT molecular complexity index is 828. The van der Waals surface area contributed by atoms with Crippen LogP contribution in [0.2, 0.25) is 0 Å². The Balaban J connectivity index is 0. The molecule has 0 saturated heterocycles. The Hall–Kier alpha value is -2.62. The summed E-state index contributed by atoms with van der Waals surface area (Å²) in [7, 11) is 0. The highest BCUT2D eigenvalue weighted by molar-refractivity contribution is 5.66. The van der Waals surface area contributed by atoms with Gasteiger partial charge < -0.3 is 10.2 Å². The molecule has 0 aromatic heterocycles. The van der Waals surface area contributed by atoms with E-state index in [1.807, 2.05) is 0 Å². The van der Waals surface area contributed by atoms with E-state index in [2.05, 4.69) is 132 Å². The molecule has 38 heavy (non-hydrogen) atoms. The zero-order chi connectivity index (χ0) is 30.5. The second-order valence-corrected chi connectivity index (χ2v) is 13.6. The highest BCUT2D eigenvalue weighted by Gasteiger charge is 2.25. The third-order valence-corrected chi connectivity index (χ3v) is 5.69. The van der Waals surface area contributed by atoms with Crippen molar-refractivity contribution in [3.8, 4) is 0 Å². The molecule has 2 aromatic carbocycles. The van der Waals surface area contributed by atoms with Crippen LogP contribution in [0.25, 0.3) is 0 Å². The summed E-state index contributed by atoms with van der Waals surface area (Å²) < 4.78 is 0. The first-order valence-corrected chi connectivity index (χ1v) is 13.6. The van der Waals surface area contributed by atoms with Gasteiger partial charge in [-0.25, -0.2) is 0 Å². The highest BCUT2D eigenvalue weighted by atomic mass is 16.4. The van der Waals surface area contributed by atoms with E-state index < -0.39 is 11.9 Å². The van der Waals surface area contributed by atoms with Gasteiger partial charge in [-0.1, -0.05) is 145 Å². The molecule has 0 atom stereocenters. The minimum absolute atomic E-state index is 0.222. The van der Waals surface area contributed by atoms with E-state index in [0.29, 0.717) is 0 Å². The van der Waals surface area contributed by atoms with Gasteiger partial charge in [-0.3, -0.25) is 9.59 Å². The SMILES string of the molecule is CC(C)(C)c1ccccc1C(C)(C)C.CC(C)(C)c1ccccc1C(C)(C)C.CCC(=O)O.CCC(=O)O. The summed E-state index contributed by atoms with van der Waals surface area (Å²) in [5, 5.41) is 15.4. The lowest BCUT2D eigenvalue weighted by Gasteiger charge is -2.29. The van der Waals surface area contributed by atoms with Gasteiger partial charge in [-0.15, -0.1) is 0 Å². The van der Waals surface area contributed by atoms with E-state index in [1.165, 1.54) is 22.3 Å². The topological polar surface area (TPSA) is 74.6 Å². The third-order valence-electron chi connectivity index (χ3n) is 5.69. The van der Waals surface area contributed by atoms with Crippen molar-refractivity contribution in [3.63, 3.8) is 0 Å². The van der Waals surface area contributed by atoms with Gasteiger partial charge in [0.25, 0.3) is 0 Å². The van der Waals surface area contributed by atoms with E-state index >= 15 is 0 Å². The standard InChI is InChI=1S/2C14H22.2C3H6O2/c2*1-13(2,3)11-9-7-8-10-12(11)14(4,5)6;2*1-2-3(4)5/h2*7-10H,1-6H3;2*2H2,1H3,(H,4,5). The molecule has 0 saturated carbocycles. The molecule has 0 radical (unpaired) electrons. The van der Waals surface area contributed by atoms with Crippen molar-refractivity contribution in [1.29, 1.82) is 0 Å². The molecule has 0 heterocycles. The first kappa shape index (κ1) is 37.5. The van der Waals surface area contributed by atoms with Crippen LogP contribution >= 0.6 is 0 Å². The number of benzene rings is 2. The second kappa shape index (κ2) is 15.7. The van der Waals surface area contributed by atoms with E-state index in [1.54, 1.807) is 13.8 Å². The molecule has 2 aromatic rings. The maximum atomic E-state index is 9.37. The summed E-state index contributed by atoms with van der Waals surface area (Å²) in [4.78, 5) is 18.7. The summed E-state index contributed by atoms with van der Waals surface area (Å²) in [6.07, 6.45) is 0.444. The molecule has 2 rings (SSSR count). The van der Waals surface area contributed by atoms with Gasteiger partial charge in [-0.2, -0.15) is 0 Å². The number of hydrogen-bond acceptors (Lipinski definition) is 2. The average Bonchev–Trinajstić information content (AvgIpc) is 2.78. The number of carboxylic acid groups (broad SMARTS) is 2. The summed E-state index contributed by atoms with van der Waals surface area (Å²) in [5.41, 5.74) is 6.82. The fraction of sp³-hybridized carbons (Fsp3) is 0.588. The van der Waals surface area contributed by atoms with Gasteiger partial charge in [0.05, 0.1) is 0 Å².